The molecule has 4 aromatic rings. The van der Waals surface area contributed by atoms with Crippen molar-refractivity contribution in [3.05, 3.63) is 71.6 Å². The van der Waals surface area contributed by atoms with E-state index in [1.54, 1.807) is 42.2 Å². The van der Waals surface area contributed by atoms with Crippen LogP contribution in [-0.4, -0.2) is 40.3 Å². The number of aryl methyl sites for hydroxylation is 1. The van der Waals surface area contributed by atoms with Gasteiger partial charge >= 0.3 is 0 Å². The Morgan fingerprint density at radius 2 is 1.91 bits per heavy atom. The molecular weight excluding hydrogens is 459 g/mol. The quantitative estimate of drug-likeness (QED) is 0.431. The van der Waals surface area contributed by atoms with Gasteiger partial charge in [0.1, 0.15) is 5.82 Å². The fraction of sp³-hybridized carbons (Fsp3) is 0.217. The molecule has 0 saturated heterocycles. The average molecular weight is 483 g/mol. The molecule has 1 amide bonds. The van der Waals surface area contributed by atoms with E-state index in [1.165, 1.54) is 18.3 Å². The first kappa shape index (κ1) is 23.3. The predicted octanol–water partition coefficient (Wildman–Crippen LogP) is 3.13. The summed E-state index contributed by atoms with van der Waals surface area (Å²) in [6.45, 7) is 3.52. The summed E-state index contributed by atoms with van der Waals surface area (Å²) >= 11 is 0. The van der Waals surface area contributed by atoms with Crippen LogP contribution in [0.3, 0.4) is 0 Å². The Morgan fingerprint density at radius 1 is 1.21 bits per heavy atom. The average Bonchev–Trinajstić information content (AvgIpc) is 3.23. The number of halogens is 1. The number of benzene rings is 1. The SMILES string of the molecule is CC[C@H](NC(=O)c1cncc2c1cnn2-c1ccc(F)cc1)c1cc(C)nc(S(C)(=O)=O)c1N. The largest absolute Gasteiger partial charge is 0.396 e. The third kappa shape index (κ3) is 4.34. The first-order valence-corrected chi connectivity index (χ1v) is 12.3. The van der Waals surface area contributed by atoms with E-state index in [1.807, 2.05) is 6.92 Å². The van der Waals surface area contributed by atoms with Gasteiger partial charge in [0.05, 0.1) is 40.9 Å². The zero-order valence-electron chi connectivity index (χ0n) is 18.8. The highest BCUT2D eigenvalue weighted by atomic mass is 32.2. The maximum Gasteiger partial charge on any atom is 0.254 e. The molecule has 0 unspecified atom stereocenters. The number of amides is 1. The van der Waals surface area contributed by atoms with Crippen molar-refractivity contribution >= 4 is 32.3 Å². The number of carbonyl (C=O) groups excluding carboxylic acids is 1. The molecule has 3 N–H and O–H groups in total. The highest BCUT2D eigenvalue weighted by molar-refractivity contribution is 7.90. The third-order valence-electron chi connectivity index (χ3n) is 5.44. The molecule has 3 heterocycles. The molecule has 0 aliphatic rings. The summed E-state index contributed by atoms with van der Waals surface area (Å²) < 4.78 is 39.1. The molecule has 34 heavy (non-hydrogen) atoms. The predicted molar refractivity (Wildman–Crippen MR) is 126 cm³/mol. The Morgan fingerprint density at radius 3 is 2.56 bits per heavy atom. The number of rotatable bonds is 6. The number of nitrogens with two attached hydrogens (primary N) is 1. The number of hydrogen-bond donors (Lipinski definition) is 2. The van der Waals surface area contributed by atoms with Gasteiger partial charge in [-0.1, -0.05) is 6.92 Å². The van der Waals surface area contributed by atoms with E-state index in [0.29, 0.717) is 34.3 Å². The maximum atomic E-state index is 13.3. The molecule has 1 atom stereocenters. The van der Waals surface area contributed by atoms with Gasteiger partial charge in [0, 0.05) is 29.1 Å². The van der Waals surface area contributed by atoms with E-state index < -0.39 is 21.8 Å². The van der Waals surface area contributed by atoms with Crippen molar-refractivity contribution in [2.75, 3.05) is 12.0 Å². The fourth-order valence-corrected chi connectivity index (χ4v) is 4.62. The number of carbonyl (C=O) groups is 1. The van der Waals surface area contributed by atoms with Gasteiger partial charge in [0.25, 0.3) is 5.91 Å². The molecule has 0 saturated carbocycles. The zero-order valence-corrected chi connectivity index (χ0v) is 19.6. The molecule has 0 aliphatic heterocycles. The number of sulfone groups is 1. The molecule has 0 spiro atoms. The topological polar surface area (TPSA) is 133 Å². The lowest BCUT2D eigenvalue weighted by Gasteiger charge is -2.21. The van der Waals surface area contributed by atoms with Crippen LogP contribution in [0.15, 0.2) is 53.9 Å². The lowest BCUT2D eigenvalue weighted by Crippen LogP contribution is -2.29. The number of hydrogen-bond acceptors (Lipinski definition) is 7. The van der Waals surface area contributed by atoms with Gasteiger partial charge < -0.3 is 11.1 Å². The van der Waals surface area contributed by atoms with Crippen LogP contribution in [0.4, 0.5) is 10.1 Å². The van der Waals surface area contributed by atoms with E-state index in [4.69, 9.17) is 5.73 Å². The van der Waals surface area contributed by atoms with Crippen LogP contribution in [0, 0.1) is 12.7 Å². The number of pyridine rings is 2. The first-order chi connectivity index (χ1) is 16.1. The minimum absolute atomic E-state index is 0.0145. The van der Waals surface area contributed by atoms with Gasteiger partial charge in [-0.15, -0.1) is 0 Å². The summed E-state index contributed by atoms with van der Waals surface area (Å²) in [7, 11) is -3.65. The second kappa shape index (κ2) is 8.82. The summed E-state index contributed by atoms with van der Waals surface area (Å²) in [6, 6.07) is 6.92. The number of aromatic nitrogens is 4. The van der Waals surface area contributed by atoms with Gasteiger partial charge in [0.2, 0.25) is 0 Å². The number of nitrogen functional groups attached to an aromatic ring is 1. The molecule has 0 fully saturated rings. The van der Waals surface area contributed by atoms with E-state index in [-0.39, 0.29) is 22.1 Å². The van der Waals surface area contributed by atoms with Crippen molar-refractivity contribution in [1.82, 2.24) is 25.1 Å². The van der Waals surface area contributed by atoms with Crippen LogP contribution in [0.5, 0.6) is 0 Å². The summed E-state index contributed by atoms with van der Waals surface area (Å²) in [4.78, 5) is 21.5. The van der Waals surface area contributed by atoms with Gasteiger partial charge in [-0.3, -0.25) is 9.78 Å². The zero-order chi connectivity index (χ0) is 24.6. The van der Waals surface area contributed by atoms with Crippen molar-refractivity contribution < 1.29 is 17.6 Å². The molecule has 11 heteroatoms. The minimum atomic E-state index is -3.65. The number of fused-ring (bicyclic) bond motifs is 1. The van der Waals surface area contributed by atoms with Crippen molar-refractivity contribution in [2.24, 2.45) is 0 Å². The van der Waals surface area contributed by atoms with E-state index in [2.05, 4.69) is 20.4 Å². The number of nitrogens with one attached hydrogen (secondary N) is 1. The third-order valence-corrected chi connectivity index (χ3v) is 6.45. The van der Waals surface area contributed by atoms with Crippen LogP contribution in [-0.2, 0) is 9.84 Å². The Labute approximate surface area is 195 Å². The van der Waals surface area contributed by atoms with Crippen LogP contribution in [0.1, 0.15) is 41.0 Å². The minimum Gasteiger partial charge on any atom is -0.396 e. The molecule has 176 valence electrons. The van der Waals surface area contributed by atoms with Gasteiger partial charge in [0.15, 0.2) is 14.9 Å². The molecule has 0 radical (unpaired) electrons. The Bertz CT molecular complexity index is 1500. The van der Waals surface area contributed by atoms with Crippen molar-refractivity contribution in [2.45, 2.75) is 31.3 Å². The molecule has 0 bridgehead atoms. The molecular formula is C23H23FN6O3S. The summed E-state index contributed by atoms with van der Waals surface area (Å²) in [5, 5.41) is 7.61. The van der Waals surface area contributed by atoms with Gasteiger partial charge in [-0.05, 0) is 43.7 Å². The van der Waals surface area contributed by atoms with Crippen LogP contribution >= 0.6 is 0 Å². The Hall–Kier alpha value is -3.86. The van der Waals surface area contributed by atoms with Gasteiger partial charge in [-0.2, -0.15) is 5.10 Å². The summed E-state index contributed by atoms with van der Waals surface area (Å²) in [5.74, 6) is -0.785. The molecule has 3 aromatic heterocycles. The van der Waals surface area contributed by atoms with E-state index in [9.17, 15) is 17.6 Å². The van der Waals surface area contributed by atoms with E-state index in [0.717, 1.165) is 6.26 Å². The normalized spacial score (nSPS) is 12.6. The monoisotopic (exact) mass is 482 g/mol. The fourth-order valence-electron chi connectivity index (χ4n) is 3.80. The van der Waals surface area contributed by atoms with Crippen molar-refractivity contribution in [3.63, 3.8) is 0 Å². The molecule has 1 aromatic carbocycles. The van der Waals surface area contributed by atoms with Crippen LogP contribution in [0.25, 0.3) is 16.6 Å². The van der Waals surface area contributed by atoms with E-state index >= 15 is 0 Å². The second-order valence-electron chi connectivity index (χ2n) is 7.93. The number of anilines is 1. The van der Waals surface area contributed by atoms with Crippen LogP contribution < -0.4 is 11.1 Å². The van der Waals surface area contributed by atoms with Crippen molar-refractivity contribution in [1.29, 1.82) is 0 Å². The summed E-state index contributed by atoms with van der Waals surface area (Å²) in [5.41, 5.74) is 8.60. The first-order valence-electron chi connectivity index (χ1n) is 10.5. The Balaban J connectivity index is 1.71. The lowest BCUT2D eigenvalue weighted by atomic mass is 10.0. The maximum absolute atomic E-state index is 13.3. The Kier molecular flexibility index (Phi) is 6.05. The highest BCUT2D eigenvalue weighted by Gasteiger charge is 2.24. The smallest absolute Gasteiger partial charge is 0.254 e. The van der Waals surface area contributed by atoms with Crippen molar-refractivity contribution in [3.8, 4) is 5.69 Å². The summed E-state index contributed by atoms with van der Waals surface area (Å²) in [6.07, 6.45) is 6.05. The standard InChI is InChI=1S/C23H23FN6O3S/c1-4-19(16-9-13(2)28-23(21(16)25)34(3,32)33)29-22(31)18-10-26-12-20-17(18)11-27-30(20)15-7-5-14(24)6-8-15/h5-12,19H,4,25H2,1-3H3,(H,29,31)/t19-/m0/s1. The highest BCUT2D eigenvalue weighted by Crippen LogP contribution is 2.29. The second-order valence-corrected chi connectivity index (χ2v) is 9.86. The number of nitrogens with zero attached hydrogens (tertiary/aromatic N) is 4. The van der Waals surface area contributed by atoms with Crippen LogP contribution in [0.2, 0.25) is 0 Å². The van der Waals surface area contributed by atoms with Gasteiger partial charge in [-0.25, -0.2) is 22.5 Å². The molecule has 0 aliphatic carbocycles. The molecule has 4 rings (SSSR count). The molecule has 9 nitrogen and oxygen atoms in total. The lowest BCUT2D eigenvalue weighted by molar-refractivity contribution is 0.0937.